The van der Waals surface area contributed by atoms with E-state index in [0.717, 1.165) is 0 Å². The Kier molecular flexibility index (Phi) is 1.32. The molecule has 0 bridgehead atoms. The number of aromatic hydroxyl groups is 1. The summed E-state index contributed by atoms with van der Waals surface area (Å²) >= 11 is 5.49. The molecule has 0 spiro atoms. The Labute approximate surface area is 68.1 Å². The lowest BCUT2D eigenvalue weighted by Crippen LogP contribution is -2.07. The fourth-order valence-electron chi connectivity index (χ4n) is 0.932. The number of alkyl halides is 1. The highest BCUT2D eigenvalue weighted by molar-refractivity contribution is 6.19. The van der Waals surface area contributed by atoms with Gasteiger partial charge in [0.05, 0.1) is 0 Å². The molecule has 1 heterocycles. The number of phenols is 1. The van der Waals surface area contributed by atoms with Crippen molar-refractivity contribution in [3.63, 3.8) is 0 Å². The van der Waals surface area contributed by atoms with Crippen molar-refractivity contribution in [3.05, 3.63) is 18.2 Å². The van der Waals surface area contributed by atoms with Crippen LogP contribution in [0.5, 0.6) is 17.2 Å². The lowest BCUT2D eigenvalue weighted by molar-refractivity contribution is 0.126. The minimum absolute atomic E-state index is 0.0469. The maximum absolute atomic E-state index is 9.19. The molecule has 11 heavy (non-hydrogen) atoms. The van der Waals surface area contributed by atoms with Crippen LogP contribution in [0.25, 0.3) is 0 Å². The highest BCUT2D eigenvalue weighted by Crippen LogP contribution is 2.42. The summed E-state index contributed by atoms with van der Waals surface area (Å²) in [5.41, 5.74) is 0. The quantitative estimate of drug-likeness (QED) is 0.606. The topological polar surface area (TPSA) is 38.7 Å². The molecular formula is C7H5ClO3. The van der Waals surface area contributed by atoms with Crippen LogP contribution in [0, 0.1) is 0 Å². The number of benzene rings is 1. The van der Waals surface area contributed by atoms with E-state index in [1.807, 2.05) is 0 Å². The van der Waals surface area contributed by atoms with Gasteiger partial charge in [0.25, 0.3) is 0 Å². The van der Waals surface area contributed by atoms with Gasteiger partial charge in [0.15, 0.2) is 11.5 Å². The summed E-state index contributed by atoms with van der Waals surface area (Å²) in [6.07, 6.45) is 0. The van der Waals surface area contributed by atoms with Crippen molar-refractivity contribution >= 4 is 11.6 Å². The number of halogens is 1. The van der Waals surface area contributed by atoms with Crippen molar-refractivity contribution in [1.29, 1.82) is 0 Å². The van der Waals surface area contributed by atoms with Crippen LogP contribution in [0.15, 0.2) is 18.2 Å². The average molecular weight is 173 g/mol. The first kappa shape index (κ1) is 6.61. The molecule has 4 heteroatoms. The second-order valence-electron chi connectivity index (χ2n) is 2.11. The van der Waals surface area contributed by atoms with Gasteiger partial charge in [-0.25, -0.2) is 0 Å². The number of phenolic OH excluding ortho intramolecular Hbond substituents is 1. The number of ether oxygens (including phenoxy) is 2. The van der Waals surface area contributed by atoms with E-state index in [1.54, 1.807) is 12.1 Å². The molecule has 2 rings (SSSR count). The van der Waals surface area contributed by atoms with Crippen LogP contribution >= 0.6 is 11.6 Å². The van der Waals surface area contributed by atoms with Gasteiger partial charge in [0.2, 0.25) is 5.75 Å². The third-order valence-corrected chi connectivity index (χ3v) is 1.57. The minimum atomic E-state index is -0.821. The molecular weight excluding hydrogens is 168 g/mol. The van der Waals surface area contributed by atoms with Crippen molar-refractivity contribution < 1.29 is 14.6 Å². The molecule has 1 aliphatic heterocycles. The van der Waals surface area contributed by atoms with E-state index in [0.29, 0.717) is 11.5 Å². The predicted molar refractivity (Wildman–Crippen MR) is 39.0 cm³/mol. The van der Waals surface area contributed by atoms with Crippen molar-refractivity contribution in [3.8, 4) is 17.2 Å². The molecule has 1 aromatic carbocycles. The number of rotatable bonds is 0. The zero-order chi connectivity index (χ0) is 7.84. The first-order chi connectivity index (χ1) is 5.27. The Balaban J connectivity index is 2.49. The van der Waals surface area contributed by atoms with Gasteiger partial charge in [-0.1, -0.05) is 6.07 Å². The molecule has 3 nitrogen and oxygen atoms in total. The van der Waals surface area contributed by atoms with Crippen LogP contribution in [0.3, 0.4) is 0 Å². The zero-order valence-electron chi connectivity index (χ0n) is 5.45. The van der Waals surface area contributed by atoms with Crippen molar-refractivity contribution in [2.75, 3.05) is 0 Å². The van der Waals surface area contributed by atoms with Gasteiger partial charge in [-0.15, -0.1) is 0 Å². The summed E-state index contributed by atoms with van der Waals surface area (Å²) < 4.78 is 9.90. The number of hydrogen-bond donors (Lipinski definition) is 1. The SMILES string of the molecule is Oc1cccc2c1OC(Cl)O2. The molecule has 0 amide bonds. The largest absolute Gasteiger partial charge is 0.504 e. The monoisotopic (exact) mass is 172 g/mol. The fraction of sp³-hybridized carbons (Fsp3) is 0.143. The van der Waals surface area contributed by atoms with Crippen molar-refractivity contribution in [2.45, 2.75) is 5.75 Å². The van der Waals surface area contributed by atoms with Crippen LogP contribution < -0.4 is 9.47 Å². The Morgan fingerprint density at radius 3 is 2.91 bits per heavy atom. The summed E-state index contributed by atoms with van der Waals surface area (Å²) in [4.78, 5) is 0. The van der Waals surface area contributed by atoms with E-state index < -0.39 is 5.75 Å². The molecule has 1 N–H and O–H groups in total. The number of para-hydroxylation sites is 1. The molecule has 0 saturated heterocycles. The Morgan fingerprint density at radius 1 is 1.36 bits per heavy atom. The average Bonchev–Trinajstić information content (AvgIpc) is 2.31. The third-order valence-electron chi connectivity index (χ3n) is 1.39. The number of hydrogen-bond acceptors (Lipinski definition) is 3. The molecule has 0 radical (unpaired) electrons. The highest BCUT2D eigenvalue weighted by atomic mass is 35.5. The lowest BCUT2D eigenvalue weighted by Gasteiger charge is -1.97. The fourth-order valence-corrected chi connectivity index (χ4v) is 1.12. The van der Waals surface area contributed by atoms with Crippen molar-refractivity contribution in [1.82, 2.24) is 0 Å². The molecule has 58 valence electrons. The molecule has 0 aromatic heterocycles. The van der Waals surface area contributed by atoms with Gasteiger partial charge in [0, 0.05) is 0 Å². The van der Waals surface area contributed by atoms with Gasteiger partial charge in [0.1, 0.15) is 0 Å². The third kappa shape index (κ3) is 0.973. The van der Waals surface area contributed by atoms with Crippen LogP contribution in [-0.2, 0) is 0 Å². The van der Waals surface area contributed by atoms with E-state index in [2.05, 4.69) is 0 Å². The van der Waals surface area contributed by atoms with Gasteiger partial charge in [-0.2, -0.15) is 0 Å². The van der Waals surface area contributed by atoms with Crippen LogP contribution in [0.4, 0.5) is 0 Å². The molecule has 1 unspecified atom stereocenters. The zero-order valence-corrected chi connectivity index (χ0v) is 6.21. The van der Waals surface area contributed by atoms with Gasteiger partial charge in [-0.05, 0) is 23.7 Å². The smallest absolute Gasteiger partial charge is 0.322 e. The van der Waals surface area contributed by atoms with E-state index in [1.165, 1.54) is 6.07 Å². The Bertz CT molecular complexity index is 287. The van der Waals surface area contributed by atoms with Crippen molar-refractivity contribution in [2.24, 2.45) is 0 Å². The van der Waals surface area contributed by atoms with E-state index in [4.69, 9.17) is 21.1 Å². The first-order valence-corrected chi connectivity index (χ1v) is 3.50. The second kappa shape index (κ2) is 2.20. The number of fused-ring (bicyclic) bond motifs is 1. The summed E-state index contributed by atoms with van der Waals surface area (Å²) in [5.74, 6) is 0.0152. The van der Waals surface area contributed by atoms with Gasteiger partial charge in [-0.3, -0.25) is 0 Å². The maximum Gasteiger partial charge on any atom is 0.322 e. The molecule has 0 aliphatic carbocycles. The van der Waals surface area contributed by atoms with Crippen LogP contribution in [-0.4, -0.2) is 10.9 Å². The summed E-state index contributed by atoms with van der Waals surface area (Å²) in [6, 6.07) is 4.85. The normalized spacial score (nSPS) is 20.3. The van der Waals surface area contributed by atoms with E-state index in [-0.39, 0.29) is 5.75 Å². The summed E-state index contributed by atoms with van der Waals surface area (Å²) in [5, 5.41) is 9.19. The maximum atomic E-state index is 9.19. The molecule has 0 fully saturated rings. The molecule has 1 aliphatic rings. The predicted octanol–water partition coefficient (Wildman–Crippen LogP) is 1.69. The Morgan fingerprint density at radius 2 is 2.18 bits per heavy atom. The standard InChI is InChI=1S/C7H5ClO3/c8-7-10-5-3-1-2-4(9)6(5)11-7/h1-3,7,9H. The summed E-state index contributed by atoms with van der Waals surface area (Å²) in [6.45, 7) is 0. The van der Waals surface area contributed by atoms with Gasteiger partial charge < -0.3 is 14.6 Å². The molecule has 0 saturated carbocycles. The minimum Gasteiger partial charge on any atom is -0.504 e. The van der Waals surface area contributed by atoms with Gasteiger partial charge >= 0.3 is 5.75 Å². The molecule has 1 atom stereocenters. The van der Waals surface area contributed by atoms with E-state index >= 15 is 0 Å². The Hall–Kier alpha value is -1.09. The molecule has 1 aromatic rings. The first-order valence-electron chi connectivity index (χ1n) is 3.07. The summed E-state index contributed by atoms with van der Waals surface area (Å²) in [7, 11) is 0. The van der Waals surface area contributed by atoms with Crippen LogP contribution in [0.2, 0.25) is 0 Å². The van der Waals surface area contributed by atoms with Crippen LogP contribution in [0.1, 0.15) is 0 Å². The van der Waals surface area contributed by atoms with E-state index in [9.17, 15) is 5.11 Å². The highest BCUT2D eigenvalue weighted by Gasteiger charge is 2.24. The lowest BCUT2D eigenvalue weighted by atomic mass is 10.3. The second-order valence-corrected chi connectivity index (χ2v) is 2.47.